The van der Waals surface area contributed by atoms with Crippen LogP contribution in [0.2, 0.25) is 0 Å². The zero-order valence-electron chi connectivity index (χ0n) is 21.3. The van der Waals surface area contributed by atoms with Crippen molar-refractivity contribution in [3.8, 4) is 16.9 Å². The number of nitrogens with one attached hydrogen (secondary N) is 2. The summed E-state index contributed by atoms with van der Waals surface area (Å²) in [7, 11) is 0. The Morgan fingerprint density at radius 1 is 0.842 bits per heavy atom. The number of anilines is 3. The minimum atomic E-state index is 0.256. The number of phenolic OH excluding ortho intramolecular Hbond substituents is 1. The fourth-order valence-corrected chi connectivity index (χ4v) is 3.49. The number of benzene rings is 2. The van der Waals surface area contributed by atoms with Gasteiger partial charge in [0.25, 0.3) is 0 Å². The molecule has 3 N–H and O–H groups in total. The normalized spacial score (nSPS) is 10.5. The van der Waals surface area contributed by atoms with E-state index in [-0.39, 0.29) is 5.75 Å². The molecule has 0 unspecified atom stereocenters. The summed E-state index contributed by atoms with van der Waals surface area (Å²) in [6.07, 6.45) is 7.73. The standard InChI is InChI=1S/C25H24N6O.C5H5N/c1-3-20-13-17(2)28-25(30-20)31-27-16-22-11-12-23(15-26-22)29-21-9-7-18(8-10-21)19-5-4-6-24(32)14-19;1-2-4-6-5-3-1/h4-16,29,32H,3H2,1-2H3,(H,28,30,31);1-5H/b27-16+;. The molecule has 8 nitrogen and oxygen atoms in total. The Morgan fingerprint density at radius 3 is 2.26 bits per heavy atom. The first-order valence-corrected chi connectivity index (χ1v) is 12.2. The molecule has 38 heavy (non-hydrogen) atoms. The third-order valence-corrected chi connectivity index (χ3v) is 5.34. The van der Waals surface area contributed by atoms with Crippen LogP contribution in [0.1, 0.15) is 24.0 Å². The van der Waals surface area contributed by atoms with Gasteiger partial charge in [0, 0.05) is 29.5 Å². The van der Waals surface area contributed by atoms with Gasteiger partial charge in [0.1, 0.15) is 5.75 Å². The van der Waals surface area contributed by atoms with Gasteiger partial charge in [0.05, 0.1) is 23.8 Å². The quantitative estimate of drug-likeness (QED) is 0.174. The summed E-state index contributed by atoms with van der Waals surface area (Å²) >= 11 is 0. The van der Waals surface area contributed by atoms with Crippen LogP contribution in [0.25, 0.3) is 11.1 Å². The Balaban J connectivity index is 0.000000494. The maximum Gasteiger partial charge on any atom is 0.243 e. The molecular formula is C30H29N7O. The molecule has 8 heteroatoms. The van der Waals surface area contributed by atoms with Crippen LogP contribution in [-0.2, 0) is 6.42 Å². The molecule has 0 spiro atoms. The van der Waals surface area contributed by atoms with Crippen LogP contribution in [0.15, 0.2) is 109 Å². The molecule has 0 aliphatic heterocycles. The summed E-state index contributed by atoms with van der Waals surface area (Å²) in [6, 6.07) is 26.7. The Morgan fingerprint density at radius 2 is 1.63 bits per heavy atom. The van der Waals surface area contributed by atoms with Crippen molar-refractivity contribution in [2.45, 2.75) is 20.3 Å². The summed E-state index contributed by atoms with van der Waals surface area (Å²) in [5, 5.41) is 17.2. The zero-order valence-corrected chi connectivity index (χ0v) is 21.3. The summed E-state index contributed by atoms with van der Waals surface area (Å²) in [5.41, 5.74) is 9.27. The number of phenols is 1. The van der Waals surface area contributed by atoms with Crippen LogP contribution in [0.5, 0.6) is 5.75 Å². The predicted octanol–water partition coefficient (Wildman–Crippen LogP) is 6.39. The molecule has 5 aromatic rings. The van der Waals surface area contributed by atoms with Crippen molar-refractivity contribution in [2.75, 3.05) is 10.7 Å². The summed E-state index contributed by atoms with van der Waals surface area (Å²) in [6.45, 7) is 3.99. The van der Waals surface area contributed by atoms with Crippen molar-refractivity contribution in [1.82, 2.24) is 19.9 Å². The van der Waals surface area contributed by atoms with Gasteiger partial charge in [0.2, 0.25) is 5.95 Å². The molecular weight excluding hydrogens is 474 g/mol. The molecule has 0 atom stereocenters. The summed E-state index contributed by atoms with van der Waals surface area (Å²) < 4.78 is 0. The second-order valence-electron chi connectivity index (χ2n) is 8.30. The molecule has 3 heterocycles. The monoisotopic (exact) mass is 503 g/mol. The minimum absolute atomic E-state index is 0.256. The highest BCUT2D eigenvalue weighted by Gasteiger charge is 2.02. The maximum absolute atomic E-state index is 9.65. The van der Waals surface area contributed by atoms with Gasteiger partial charge in [-0.25, -0.2) is 15.4 Å². The summed E-state index contributed by atoms with van der Waals surface area (Å²) in [4.78, 5) is 16.9. The third-order valence-electron chi connectivity index (χ3n) is 5.34. The molecule has 0 saturated carbocycles. The number of hydrogen-bond donors (Lipinski definition) is 3. The Labute approximate surface area is 222 Å². The van der Waals surface area contributed by atoms with E-state index in [9.17, 15) is 5.11 Å². The van der Waals surface area contributed by atoms with Crippen molar-refractivity contribution >= 4 is 23.5 Å². The second-order valence-corrected chi connectivity index (χ2v) is 8.30. The van der Waals surface area contributed by atoms with Gasteiger partial charge >= 0.3 is 0 Å². The SMILES string of the molecule is CCc1cc(C)nc(N/N=C/c2ccc(Nc3ccc(-c4cccc(O)c4)cc3)cn2)n1.c1ccncc1. The van der Waals surface area contributed by atoms with E-state index in [0.29, 0.717) is 11.6 Å². The fraction of sp³-hybridized carbons (Fsp3) is 0.100. The molecule has 2 aromatic carbocycles. The van der Waals surface area contributed by atoms with Crippen molar-refractivity contribution in [3.05, 3.63) is 121 Å². The highest BCUT2D eigenvalue weighted by Crippen LogP contribution is 2.25. The Kier molecular flexibility index (Phi) is 9.07. The van der Waals surface area contributed by atoms with Gasteiger partial charge in [0.15, 0.2) is 0 Å². The van der Waals surface area contributed by atoms with Gasteiger partial charge in [-0.05, 0) is 79.1 Å². The van der Waals surface area contributed by atoms with Gasteiger partial charge in [-0.2, -0.15) is 5.10 Å². The molecule has 190 valence electrons. The predicted molar refractivity (Wildman–Crippen MR) is 153 cm³/mol. The number of hydrogen-bond acceptors (Lipinski definition) is 8. The molecule has 5 rings (SSSR count). The zero-order chi connectivity index (χ0) is 26.6. The number of aryl methyl sites for hydroxylation is 2. The van der Waals surface area contributed by atoms with Crippen molar-refractivity contribution in [3.63, 3.8) is 0 Å². The van der Waals surface area contributed by atoms with E-state index < -0.39 is 0 Å². The van der Waals surface area contributed by atoms with Crippen molar-refractivity contribution in [1.29, 1.82) is 0 Å². The number of aromatic hydroxyl groups is 1. The van der Waals surface area contributed by atoms with Crippen molar-refractivity contribution < 1.29 is 5.11 Å². The lowest BCUT2D eigenvalue weighted by atomic mass is 10.1. The van der Waals surface area contributed by atoms with E-state index in [1.807, 2.05) is 79.7 Å². The largest absolute Gasteiger partial charge is 0.508 e. The first kappa shape index (κ1) is 26.0. The van der Waals surface area contributed by atoms with Gasteiger partial charge < -0.3 is 10.4 Å². The van der Waals surface area contributed by atoms with E-state index >= 15 is 0 Å². The second kappa shape index (κ2) is 13.3. The van der Waals surface area contributed by atoms with E-state index in [2.05, 4.69) is 42.7 Å². The number of aromatic nitrogens is 4. The van der Waals surface area contributed by atoms with Crippen LogP contribution in [0.3, 0.4) is 0 Å². The first-order valence-electron chi connectivity index (χ1n) is 12.2. The Bertz CT molecular complexity index is 1430. The van der Waals surface area contributed by atoms with Crippen LogP contribution < -0.4 is 10.7 Å². The van der Waals surface area contributed by atoms with Gasteiger partial charge in [-0.3, -0.25) is 9.97 Å². The average molecular weight is 504 g/mol. The molecule has 0 aliphatic carbocycles. The molecule has 0 amide bonds. The molecule has 0 fully saturated rings. The van der Waals surface area contributed by atoms with E-state index in [1.54, 1.807) is 36.9 Å². The summed E-state index contributed by atoms with van der Waals surface area (Å²) in [5.74, 6) is 0.734. The lowest BCUT2D eigenvalue weighted by Crippen LogP contribution is -2.01. The molecule has 0 saturated heterocycles. The first-order chi connectivity index (χ1) is 18.6. The molecule has 3 aromatic heterocycles. The van der Waals surface area contributed by atoms with Crippen LogP contribution in [0, 0.1) is 6.92 Å². The van der Waals surface area contributed by atoms with Crippen LogP contribution in [-0.4, -0.2) is 31.3 Å². The highest BCUT2D eigenvalue weighted by molar-refractivity contribution is 5.78. The number of rotatable bonds is 7. The fourth-order valence-electron chi connectivity index (χ4n) is 3.49. The lowest BCUT2D eigenvalue weighted by Gasteiger charge is -2.08. The minimum Gasteiger partial charge on any atom is -0.508 e. The van der Waals surface area contributed by atoms with Gasteiger partial charge in [-0.1, -0.05) is 37.3 Å². The highest BCUT2D eigenvalue weighted by atomic mass is 16.3. The maximum atomic E-state index is 9.65. The van der Waals surface area contributed by atoms with Gasteiger partial charge in [-0.15, -0.1) is 0 Å². The van der Waals surface area contributed by atoms with E-state index in [0.717, 1.165) is 40.3 Å². The molecule has 0 radical (unpaired) electrons. The van der Waals surface area contributed by atoms with Crippen LogP contribution >= 0.6 is 0 Å². The smallest absolute Gasteiger partial charge is 0.243 e. The number of nitrogens with zero attached hydrogens (tertiary/aromatic N) is 5. The third kappa shape index (κ3) is 7.96. The average Bonchev–Trinajstić information content (AvgIpc) is 2.95. The number of hydrazone groups is 1. The van der Waals surface area contributed by atoms with E-state index in [4.69, 9.17) is 0 Å². The van der Waals surface area contributed by atoms with E-state index in [1.165, 1.54) is 0 Å². The molecule has 0 aliphatic rings. The van der Waals surface area contributed by atoms with Crippen molar-refractivity contribution in [2.24, 2.45) is 5.10 Å². The molecule has 0 bridgehead atoms. The topological polar surface area (TPSA) is 108 Å². The number of pyridine rings is 2. The lowest BCUT2D eigenvalue weighted by molar-refractivity contribution is 0.475. The van der Waals surface area contributed by atoms with Crippen LogP contribution in [0.4, 0.5) is 17.3 Å². The Hall–Kier alpha value is -5.11.